The Morgan fingerprint density at radius 3 is 2.54 bits per heavy atom. The van der Waals surface area contributed by atoms with Crippen molar-refractivity contribution in [1.29, 1.82) is 0 Å². The maximum atomic E-state index is 13.0. The van der Waals surface area contributed by atoms with E-state index in [1.54, 1.807) is 23.2 Å². The second-order valence-corrected chi connectivity index (χ2v) is 6.93. The average molecular weight is 371 g/mol. The zero-order chi connectivity index (χ0) is 19.5. The number of carbonyl (C=O) groups is 2. The minimum Gasteiger partial charge on any atom is -0.352 e. The molecular weight excluding hydrogens is 350 g/mol. The van der Waals surface area contributed by atoms with Gasteiger partial charge >= 0.3 is 0 Å². The average Bonchev–Trinajstić information content (AvgIpc) is 3.00. The molecular formula is C23H21N3O2. The van der Waals surface area contributed by atoms with Gasteiger partial charge < -0.3 is 5.32 Å². The Kier molecular flexibility index (Phi) is 4.89. The molecule has 1 aromatic heterocycles. The molecule has 2 aromatic carbocycles. The lowest BCUT2D eigenvalue weighted by atomic mass is 10.1. The predicted molar refractivity (Wildman–Crippen MR) is 108 cm³/mol. The van der Waals surface area contributed by atoms with Gasteiger partial charge in [-0.15, -0.1) is 0 Å². The van der Waals surface area contributed by atoms with Crippen molar-refractivity contribution in [3.63, 3.8) is 0 Å². The number of rotatable bonds is 5. The van der Waals surface area contributed by atoms with Gasteiger partial charge in [0.1, 0.15) is 0 Å². The Balaban J connectivity index is 1.57. The molecule has 3 aromatic rings. The third-order valence-corrected chi connectivity index (χ3v) is 4.94. The van der Waals surface area contributed by atoms with Crippen molar-refractivity contribution >= 4 is 17.5 Å². The van der Waals surface area contributed by atoms with E-state index in [9.17, 15) is 9.59 Å². The molecule has 0 saturated carbocycles. The topological polar surface area (TPSA) is 62.3 Å². The summed E-state index contributed by atoms with van der Waals surface area (Å²) in [4.78, 5) is 31.7. The standard InChI is InChI=1S/C23H21N3O2/c1-16-9-11-18(12-10-16)26-20(22-19(23(26)28)8-5-13-24-22)14-21(27)25-15-17-6-3-2-4-7-17/h2-13,20H,14-15H2,1H3,(H,25,27)/t20-/m1/s1. The summed E-state index contributed by atoms with van der Waals surface area (Å²) < 4.78 is 0. The number of hydrogen-bond donors (Lipinski definition) is 1. The van der Waals surface area contributed by atoms with Crippen molar-refractivity contribution in [2.45, 2.75) is 25.9 Å². The number of amides is 2. The third kappa shape index (κ3) is 3.51. The molecule has 1 N–H and O–H groups in total. The molecule has 0 aliphatic carbocycles. The molecule has 5 nitrogen and oxygen atoms in total. The van der Waals surface area contributed by atoms with Crippen molar-refractivity contribution < 1.29 is 9.59 Å². The summed E-state index contributed by atoms with van der Waals surface area (Å²) in [6.45, 7) is 2.46. The van der Waals surface area contributed by atoms with Gasteiger partial charge in [-0.2, -0.15) is 0 Å². The Morgan fingerprint density at radius 1 is 1.04 bits per heavy atom. The molecule has 0 bridgehead atoms. The van der Waals surface area contributed by atoms with Crippen molar-refractivity contribution in [3.05, 3.63) is 95.3 Å². The first-order valence-corrected chi connectivity index (χ1v) is 9.29. The SMILES string of the molecule is Cc1ccc(N2C(=O)c3cccnc3[C@H]2CC(=O)NCc2ccccc2)cc1. The second kappa shape index (κ2) is 7.64. The van der Waals surface area contributed by atoms with Crippen LogP contribution in [-0.2, 0) is 11.3 Å². The summed E-state index contributed by atoms with van der Waals surface area (Å²) >= 11 is 0. The van der Waals surface area contributed by atoms with Crippen LogP contribution in [0.3, 0.4) is 0 Å². The van der Waals surface area contributed by atoms with Gasteiger partial charge in [-0.25, -0.2) is 0 Å². The van der Waals surface area contributed by atoms with Crippen LogP contribution in [0.2, 0.25) is 0 Å². The van der Waals surface area contributed by atoms with Gasteiger partial charge in [-0.05, 0) is 36.8 Å². The molecule has 0 radical (unpaired) electrons. The summed E-state index contributed by atoms with van der Waals surface area (Å²) in [6.07, 6.45) is 1.83. The number of carbonyl (C=O) groups excluding carboxylic acids is 2. The molecule has 1 aliphatic rings. The zero-order valence-electron chi connectivity index (χ0n) is 15.6. The molecule has 140 valence electrons. The number of aromatic nitrogens is 1. The normalized spacial score (nSPS) is 15.4. The molecule has 0 fully saturated rings. The van der Waals surface area contributed by atoms with Crippen molar-refractivity contribution in [1.82, 2.24) is 10.3 Å². The van der Waals surface area contributed by atoms with Gasteiger partial charge in [0, 0.05) is 18.4 Å². The fourth-order valence-electron chi connectivity index (χ4n) is 3.49. The summed E-state index contributed by atoms with van der Waals surface area (Å²) in [7, 11) is 0. The maximum Gasteiger partial charge on any atom is 0.260 e. The van der Waals surface area contributed by atoms with Gasteiger partial charge in [-0.1, -0.05) is 48.0 Å². The monoisotopic (exact) mass is 371 g/mol. The van der Waals surface area contributed by atoms with Gasteiger partial charge in [0.15, 0.2) is 0 Å². The van der Waals surface area contributed by atoms with Crippen molar-refractivity contribution in [2.75, 3.05) is 4.90 Å². The maximum absolute atomic E-state index is 13.0. The summed E-state index contributed by atoms with van der Waals surface area (Å²) in [5.74, 6) is -0.231. The van der Waals surface area contributed by atoms with Crippen LogP contribution in [0, 0.1) is 6.92 Å². The number of aryl methyl sites for hydroxylation is 1. The van der Waals surface area contributed by atoms with E-state index in [0.29, 0.717) is 17.8 Å². The summed E-state index contributed by atoms with van der Waals surface area (Å²) in [6, 6.07) is 20.6. The van der Waals surface area contributed by atoms with Crippen LogP contribution in [0.15, 0.2) is 72.9 Å². The van der Waals surface area contributed by atoms with Crippen LogP contribution in [-0.4, -0.2) is 16.8 Å². The van der Waals surface area contributed by atoms with E-state index in [0.717, 1.165) is 16.8 Å². The highest BCUT2D eigenvalue weighted by atomic mass is 16.2. The van der Waals surface area contributed by atoms with Crippen molar-refractivity contribution in [3.8, 4) is 0 Å². The molecule has 28 heavy (non-hydrogen) atoms. The molecule has 0 unspecified atom stereocenters. The zero-order valence-corrected chi connectivity index (χ0v) is 15.6. The number of pyridine rings is 1. The van der Waals surface area contributed by atoms with Gasteiger partial charge in [0.2, 0.25) is 5.91 Å². The molecule has 0 saturated heterocycles. The molecule has 0 spiro atoms. The van der Waals surface area contributed by atoms with Crippen LogP contribution < -0.4 is 10.2 Å². The van der Waals surface area contributed by atoms with Crippen molar-refractivity contribution in [2.24, 2.45) is 0 Å². The fraction of sp³-hybridized carbons (Fsp3) is 0.174. The number of anilines is 1. The van der Waals surface area contributed by atoms with E-state index in [4.69, 9.17) is 0 Å². The lowest BCUT2D eigenvalue weighted by Crippen LogP contribution is -2.32. The van der Waals surface area contributed by atoms with E-state index >= 15 is 0 Å². The Bertz CT molecular complexity index is 1000. The van der Waals surface area contributed by atoms with Crippen LogP contribution >= 0.6 is 0 Å². The lowest BCUT2D eigenvalue weighted by molar-refractivity contribution is -0.121. The minimum absolute atomic E-state index is 0.114. The summed E-state index contributed by atoms with van der Waals surface area (Å²) in [5, 5.41) is 2.95. The number of benzene rings is 2. The third-order valence-electron chi connectivity index (χ3n) is 4.94. The first-order chi connectivity index (χ1) is 13.6. The van der Waals surface area contributed by atoms with E-state index < -0.39 is 6.04 Å². The Morgan fingerprint density at radius 2 is 1.79 bits per heavy atom. The number of fused-ring (bicyclic) bond motifs is 1. The fourth-order valence-corrected chi connectivity index (χ4v) is 3.49. The highest BCUT2D eigenvalue weighted by molar-refractivity contribution is 6.11. The first kappa shape index (κ1) is 17.9. The summed E-state index contributed by atoms with van der Waals surface area (Å²) in [5.41, 5.74) is 4.14. The molecule has 2 amide bonds. The molecule has 4 rings (SSSR count). The first-order valence-electron chi connectivity index (χ1n) is 9.29. The Labute approximate surface area is 164 Å². The number of nitrogens with zero attached hydrogens (tertiary/aromatic N) is 2. The molecule has 2 heterocycles. The largest absolute Gasteiger partial charge is 0.352 e. The lowest BCUT2D eigenvalue weighted by Gasteiger charge is -2.24. The van der Waals surface area contributed by atoms with Crippen LogP contribution in [0.5, 0.6) is 0 Å². The van der Waals surface area contributed by atoms with E-state index in [-0.39, 0.29) is 18.2 Å². The molecule has 1 aliphatic heterocycles. The van der Waals surface area contributed by atoms with E-state index in [2.05, 4.69) is 10.3 Å². The number of nitrogens with one attached hydrogen (secondary N) is 1. The second-order valence-electron chi connectivity index (χ2n) is 6.93. The number of hydrogen-bond acceptors (Lipinski definition) is 3. The van der Waals surface area contributed by atoms with Crippen LogP contribution in [0.1, 0.15) is 39.6 Å². The molecule has 1 atom stereocenters. The van der Waals surface area contributed by atoms with Gasteiger partial charge in [0.05, 0.1) is 23.7 Å². The van der Waals surface area contributed by atoms with E-state index in [1.807, 2.05) is 61.5 Å². The van der Waals surface area contributed by atoms with Crippen LogP contribution in [0.4, 0.5) is 5.69 Å². The van der Waals surface area contributed by atoms with Gasteiger partial charge in [-0.3, -0.25) is 19.5 Å². The highest BCUT2D eigenvalue weighted by Gasteiger charge is 2.39. The minimum atomic E-state index is -0.415. The van der Waals surface area contributed by atoms with Crippen LogP contribution in [0.25, 0.3) is 0 Å². The Hall–Kier alpha value is -3.47. The molecule has 5 heteroatoms. The van der Waals surface area contributed by atoms with Gasteiger partial charge in [0.25, 0.3) is 5.91 Å². The highest BCUT2D eigenvalue weighted by Crippen LogP contribution is 2.38. The quantitative estimate of drug-likeness (QED) is 0.742. The smallest absolute Gasteiger partial charge is 0.260 e. The van der Waals surface area contributed by atoms with E-state index in [1.165, 1.54) is 0 Å². The predicted octanol–water partition coefficient (Wildman–Crippen LogP) is 3.80.